The van der Waals surface area contributed by atoms with Crippen LogP contribution in [0.5, 0.6) is 5.75 Å². The molecule has 3 heteroatoms. The highest BCUT2D eigenvalue weighted by atomic mass is 16.5. The SMILES string of the molecule is CCC(N)Cc1cc2cc(OC)ccc2[nH]1. The number of aromatic amines is 1. The van der Waals surface area contributed by atoms with E-state index in [1.54, 1.807) is 7.11 Å². The molecule has 1 heterocycles. The molecule has 0 radical (unpaired) electrons. The first-order chi connectivity index (χ1) is 7.72. The Balaban J connectivity index is 2.29. The molecule has 1 aromatic carbocycles. The normalized spacial score (nSPS) is 12.9. The van der Waals surface area contributed by atoms with Gasteiger partial charge in [0.15, 0.2) is 0 Å². The maximum absolute atomic E-state index is 5.94. The second-order valence-corrected chi connectivity index (χ2v) is 4.12. The summed E-state index contributed by atoms with van der Waals surface area (Å²) in [6.07, 6.45) is 1.90. The molecular weight excluding hydrogens is 200 g/mol. The number of hydrogen-bond acceptors (Lipinski definition) is 2. The first-order valence-corrected chi connectivity index (χ1v) is 5.64. The number of ether oxygens (including phenoxy) is 1. The summed E-state index contributed by atoms with van der Waals surface area (Å²) < 4.78 is 5.20. The molecule has 0 amide bonds. The molecule has 3 nitrogen and oxygen atoms in total. The lowest BCUT2D eigenvalue weighted by atomic mass is 10.1. The van der Waals surface area contributed by atoms with E-state index in [9.17, 15) is 0 Å². The summed E-state index contributed by atoms with van der Waals surface area (Å²) in [5, 5.41) is 1.18. The zero-order valence-electron chi connectivity index (χ0n) is 9.79. The van der Waals surface area contributed by atoms with E-state index < -0.39 is 0 Å². The number of nitrogens with one attached hydrogen (secondary N) is 1. The molecule has 2 rings (SSSR count). The Morgan fingerprint density at radius 2 is 2.19 bits per heavy atom. The molecule has 0 saturated heterocycles. The van der Waals surface area contributed by atoms with Crippen molar-refractivity contribution in [3.8, 4) is 5.75 Å². The molecule has 1 atom stereocenters. The van der Waals surface area contributed by atoms with Crippen molar-refractivity contribution in [1.82, 2.24) is 4.98 Å². The lowest BCUT2D eigenvalue weighted by Gasteiger charge is -2.05. The van der Waals surface area contributed by atoms with Crippen molar-refractivity contribution in [2.45, 2.75) is 25.8 Å². The van der Waals surface area contributed by atoms with Crippen LogP contribution in [0.4, 0.5) is 0 Å². The fraction of sp³-hybridized carbons (Fsp3) is 0.385. The van der Waals surface area contributed by atoms with Gasteiger partial charge in [0.25, 0.3) is 0 Å². The molecule has 2 aromatic rings. The fourth-order valence-electron chi connectivity index (χ4n) is 1.83. The average Bonchev–Trinajstić information content (AvgIpc) is 2.69. The van der Waals surface area contributed by atoms with Gasteiger partial charge < -0.3 is 15.5 Å². The van der Waals surface area contributed by atoms with Gasteiger partial charge in [-0.1, -0.05) is 6.92 Å². The molecule has 86 valence electrons. The summed E-state index contributed by atoms with van der Waals surface area (Å²) in [7, 11) is 1.68. The molecule has 0 aliphatic heterocycles. The van der Waals surface area contributed by atoms with Crippen LogP contribution in [0.25, 0.3) is 10.9 Å². The number of H-pyrrole nitrogens is 1. The maximum Gasteiger partial charge on any atom is 0.119 e. The van der Waals surface area contributed by atoms with Crippen LogP contribution in [0, 0.1) is 0 Å². The quantitative estimate of drug-likeness (QED) is 0.828. The van der Waals surface area contributed by atoms with Gasteiger partial charge in [0, 0.05) is 29.1 Å². The Labute approximate surface area is 95.6 Å². The van der Waals surface area contributed by atoms with Crippen LogP contribution in [-0.2, 0) is 6.42 Å². The summed E-state index contributed by atoms with van der Waals surface area (Å²) in [5.74, 6) is 0.887. The Morgan fingerprint density at radius 1 is 1.38 bits per heavy atom. The van der Waals surface area contributed by atoms with Crippen molar-refractivity contribution in [2.24, 2.45) is 5.73 Å². The van der Waals surface area contributed by atoms with Crippen molar-refractivity contribution in [1.29, 1.82) is 0 Å². The van der Waals surface area contributed by atoms with E-state index in [4.69, 9.17) is 10.5 Å². The van der Waals surface area contributed by atoms with Crippen molar-refractivity contribution in [3.63, 3.8) is 0 Å². The number of aromatic nitrogens is 1. The summed E-state index contributed by atoms with van der Waals surface area (Å²) in [6.45, 7) is 2.11. The largest absolute Gasteiger partial charge is 0.497 e. The van der Waals surface area contributed by atoms with Gasteiger partial charge in [-0.2, -0.15) is 0 Å². The number of methoxy groups -OCH3 is 1. The van der Waals surface area contributed by atoms with Gasteiger partial charge in [0.05, 0.1) is 7.11 Å². The van der Waals surface area contributed by atoms with Gasteiger partial charge in [0.1, 0.15) is 5.75 Å². The van der Waals surface area contributed by atoms with E-state index in [2.05, 4.69) is 18.0 Å². The molecule has 3 N–H and O–H groups in total. The highest BCUT2D eigenvalue weighted by Crippen LogP contribution is 2.21. The van der Waals surface area contributed by atoms with Gasteiger partial charge >= 0.3 is 0 Å². The van der Waals surface area contributed by atoms with Crippen molar-refractivity contribution < 1.29 is 4.74 Å². The van der Waals surface area contributed by atoms with Crippen LogP contribution < -0.4 is 10.5 Å². The zero-order valence-corrected chi connectivity index (χ0v) is 9.79. The van der Waals surface area contributed by atoms with Crippen LogP contribution in [0.1, 0.15) is 19.0 Å². The van der Waals surface area contributed by atoms with Gasteiger partial charge in [-0.25, -0.2) is 0 Å². The van der Waals surface area contributed by atoms with Gasteiger partial charge in [-0.05, 0) is 30.7 Å². The summed E-state index contributed by atoms with van der Waals surface area (Å²) in [6, 6.07) is 8.41. The van der Waals surface area contributed by atoms with E-state index in [-0.39, 0.29) is 6.04 Å². The van der Waals surface area contributed by atoms with Crippen molar-refractivity contribution in [3.05, 3.63) is 30.0 Å². The molecule has 0 aliphatic carbocycles. The molecule has 16 heavy (non-hydrogen) atoms. The molecule has 0 saturated carbocycles. The van der Waals surface area contributed by atoms with E-state index in [1.165, 1.54) is 11.1 Å². The highest BCUT2D eigenvalue weighted by Gasteiger charge is 2.05. The van der Waals surface area contributed by atoms with Gasteiger partial charge in [-0.3, -0.25) is 0 Å². The van der Waals surface area contributed by atoms with Gasteiger partial charge in [-0.15, -0.1) is 0 Å². The van der Waals surface area contributed by atoms with Crippen LogP contribution in [-0.4, -0.2) is 18.1 Å². The predicted octanol–water partition coefficient (Wildman–Crippen LogP) is 2.46. The number of nitrogens with two attached hydrogens (primary N) is 1. The fourth-order valence-corrected chi connectivity index (χ4v) is 1.83. The first kappa shape index (κ1) is 11.0. The van der Waals surface area contributed by atoms with Crippen LogP contribution in [0.2, 0.25) is 0 Å². The van der Waals surface area contributed by atoms with E-state index in [0.29, 0.717) is 0 Å². The zero-order chi connectivity index (χ0) is 11.5. The standard InChI is InChI=1S/C13H18N2O/c1-3-10(14)8-11-6-9-7-12(16-2)4-5-13(9)15-11/h4-7,10,15H,3,8,14H2,1-2H3. The van der Waals surface area contributed by atoms with E-state index >= 15 is 0 Å². The van der Waals surface area contributed by atoms with Crippen LogP contribution >= 0.6 is 0 Å². The average molecular weight is 218 g/mol. The molecule has 0 spiro atoms. The van der Waals surface area contributed by atoms with E-state index in [0.717, 1.165) is 24.1 Å². The molecular formula is C13H18N2O. The lowest BCUT2D eigenvalue weighted by molar-refractivity contribution is 0.415. The maximum atomic E-state index is 5.94. The van der Waals surface area contributed by atoms with Crippen LogP contribution in [0.15, 0.2) is 24.3 Å². The summed E-state index contributed by atoms with van der Waals surface area (Å²) >= 11 is 0. The predicted molar refractivity (Wildman–Crippen MR) is 66.8 cm³/mol. The minimum absolute atomic E-state index is 0.231. The van der Waals surface area contributed by atoms with E-state index in [1.807, 2.05) is 18.2 Å². The van der Waals surface area contributed by atoms with Crippen LogP contribution in [0.3, 0.4) is 0 Å². The Kier molecular flexibility index (Phi) is 3.15. The molecule has 0 bridgehead atoms. The summed E-state index contributed by atoms with van der Waals surface area (Å²) in [4.78, 5) is 3.38. The van der Waals surface area contributed by atoms with Gasteiger partial charge in [0.2, 0.25) is 0 Å². The van der Waals surface area contributed by atoms with Crippen molar-refractivity contribution >= 4 is 10.9 Å². The second-order valence-electron chi connectivity index (χ2n) is 4.12. The number of fused-ring (bicyclic) bond motifs is 1. The molecule has 1 aromatic heterocycles. The Morgan fingerprint density at radius 3 is 2.88 bits per heavy atom. The minimum atomic E-state index is 0.231. The summed E-state index contributed by atoms with van der Waals surface area (Å²) in [5.41, 5.74) is 8.27. The topological polar surface area (TPSA) is 51.0 Å². The third-order valence-electron chi connectivity index (χ3n) is 2.89. The third-order valence-corrected chi connectivity index (χ3v) is 2.89. The molecule has 0 aliphatic rings. The van der Waals surface area contributed by atoms with Crippen molar-refractivity contribution in [2.75, 3.05) is 7.11 Å². The minimum Gasteiger partial charge on any atom is -0.497 e. The Bertz CT molecular complexity index is 476. The third kappa shape index (κ3) is 2.19. The highest BCUT2D eigenvalue weighted by molar-refractivity contribution is 5.81. The molecule has 1 unspecified atom stereocenters. The molecule has 0 fully saturated rings. The first-order valence-electron chi connectivity index (χ1n) is 5.64. The Hall–Kier alpha value is -1.48. The smallest absolute Gasteiger partial charge is 0.119 e. The lowest BCUT2D eigenvalue weighted by Crippen LogP contribution is -2.21. The number of rotatable bonds is 4. The monoisotopic (exact) mass is 218 g/mol. The number of hydrogen-bond donors (Lipinski definition) is 2. The number of benzene rings is 1. The second kappa shape index (κ2) is 4.58.